The summed E-state index contributed by atoms with van der Waals surface area (Å²) in [6.45, 7) is 1.67. The monoisotopic (exact) mass is 321 g/mol. The van der Waals surface area contributed by atoms with Gasteiger partial charge in [0.2, 0.25) is 0 Å². The molecule has 0 aliphatic carbocycles. The molecule has 1 atom stereocenters. The summed E-state index contributed by atoms with van der Waals surface area (Å²) in [7, 11) is 4.20. The van der Waals surface area contributed by atoms with Gasteiger partial charge in [0.1, 0.15) is 0 Å². The molecule has 0 radical (unpaired) electrons. The van der Waals surface area contributed by atoms with Gasteiger partial charge in [-0.2, -0.15) is 16.6 Å². The van der Waals surface area contributed by atoms with Crippen molar-refractivity contribution in [3.05, 3.63) is 57.8 Å². The van der Waals surface area contributed by atoms with Crippen molar-refractivity contribution >= 4 is 23.7 Å². The van der Waals surface area contributed by atoms with Gasteiger partial charge in [-0.1, -0.05) is 12.1 Å². The van der Waals surface area contributed by atoms with Crippen molar-refractivity contribution in [1.29, 1.82) is 5.26 Å². The van der Waals surface area contributed by atoms with E-state index >= 15 is 0 Å². The zero-order valence-electron chi connectivity index (χ0n) is 12.2. The van der Waals surface area contributed by atoms with Gasteiger partial charge >= 0.3 is 0 Å². The van der Waals surface area contributed by atoms with E-state index in [2.05, 4.69) is 47.2 Å². The van der Waals surface area contributed by atoms with Gasteiger partial charge in [-0.15, -0.1) is 12.4 Å². The minimum atomic E-state index is 0. The number of benzene rings is 1. The maximum atomic E-state index is 8.90. The topological polar surface area (TPSA) is 39.1 Å². The highest BCUT2D eigenvalue weighted by Gasteiger charge is 2.13. The third-order valence-corrected chi connectivity index (χ3v) is 3.98. The fourth-order valence-electron chi connectivity index (χ4n) is 2.17. The number of hydrogen-bond donors (Lipinski definition) is 1. The molecule has 1 N–H and O–H groups in total. The number of nitrogens with one attached hydrogen (secondary N) is 1. The van der Waals surface area contributed by atoms with Crippen LogP contribution in [0.25, 0.3) is 0 Å². The summed E-state index contributed by atoms with van der Waals surface area (Å²) in [5, 5.41) is 16.7. The minimum absolute atomic E-state index is 0. The summed E-state index contributed by atoms with van der Waals surface area (Å²) in [4.78, 5) is 2.22. The second-order valence-electron chi connectivity index (χ2n) is 4.98. The Morgan fingerprint density at radius 1 is 1.33 bits per heavy atom. The molecule has 0 bridgehead atoms. The van der Waals surface area contributed by atoms with Crippen LogP contribution in [0.1, 0.15) is 22.7 Å². The third kappa shape index (κ3) is 5.14. The van der Waals surface area contributed by atoms with Gasteiger partial charge in [0.15, 0.2) is 0 Å². The van der Waals surface area contributed by atoms with Crippen LogP contribution in [0, 0.1) is 11.3 Å². The molecule has 1 aromatic carbocycles. The molecule has 0 aliphatic heterocycles. The Morgan fingerprint density at radius 2 is 2.14 bits per heavy atom. The van der Waals surface area contributed by atoms with Gasteiger partial charge in [-0.3, -0.25) is 0 Å². The lowest BCUT2D eigenvalue weighted by molar-refractivity contribution is 0.289. The minimum Gasteiger partial charge on any atom is -0.311 e. The first-order valence-corrected chi connectivity index (χ1v) is 7.53. The molecule has 1 heterocycles. The molecule has 5 heteroatoms. The summed E-state index contributed by atoms with van der Waals surface area (Å²) < 4.78 is 0. The van der Waals surface area contributed by atoms with E-state index in [9.17, 15) is 0 Å². The largest absolute Gasteiger partial charge is 0.311 e. The van der Waals surface area contributed by atoms with E-state index in [1.165, 1.54) is 5.56 Å². The van der Waals surface area contributed by atoms with Crippen molar-refractivity contribution in [2.45, 2.75) is 12.6 Å². The van der Waals surface area contributed by atoms with E-state index in [4.69, 9.17) is 5.26 Å². The Hall–Kier alpha value is -1.38. The second kappa shape index (κ2) is 8.81. The standard InChI is InChI=1S/C16H19N3S.ClH/c1-19(2)16(15-6-7-20-12-15)11-18-10-14-5-3-4-13(8-14)9-17;/h3-8,12,16,18H,10-11H2,1-2H3;1H. The Balaban J connectivity index is 0.00000220. The summed E-state index contributed by atoms with van der Waals surface area (Å²) in [6.07, 6.45) is 0. The van der Waals surface area contributed by atoms with Gasteiger partial charge in [0.25, 0.3) is 0 Å². The Bertz CT molecular complexity index is 575. The van der Waals surface area contributed by atoms with E-state index < -0.39 is 0 Å². The van der Waals surface area contributed by atoms with Crippen LogP contribution in [-0.2, 0) is 6.54 Å². The summed E-state index contributed by atoms with van der Waals surface area (Å²) in [6, 6.07) is 12.5. The summed E-state index contributed by atoms with van der Waals surface area (Å²) >= 11 is 1.73. The van der Waals surface area contributed by atoms with E-state index in [1.54, 1.807) is 11.3 Å². The quantitative estimate of drug-likeness (QED) is 0.886. The van der Waals surface area contributed by atoms with Crippen molar-refractivity contribution in [2.24, 2.45) is 0 Å². The van der Waals surface area contributed by atoms with Gasteiger partial charge < -0.3 is 10.2 Å². The van der Waals surface area contributed by atoms with E-state index in [0.29, 0.717) is 11.6 Å². The Labute approximate surface area is 136 Å². The number of halogens is 1. The average Bonchev–Trinajstić information content (AvgIpc) is 2.97. The predicted molar refractivity (Wildman–Crippen MR) is 90.9 cm³/mol. The highest BCUT2D eigenvalue weighted by molar-refractivity contribution is 7.07. The van der Waals surface area contributed by atoms with Gasteiger partial charge in [0.05, 0.1) is 11.6 Å². The van der Waals surface area contributed by atoms with Crippen LogP contribution < -0.4 is 5.32 Å². The molecule has 0 spiro atoms. The molecule has 1 aromatic heterocycles. The molecule has 0 aliphatic rings. The summed E-state index contributed by atoms with van der Waals surface area (Å²) in [5.74, 6) is 0. The van der Waals surface area contributed by atoms with Crippen LogP contribution >= 0.6 is 23.7 Å². The zero-order chi connectivity index (χ0) is 14.4. The number of nitrogens with zero attached hydrogens (tertiary/aromatic N) is 2. The molecule has 1 unspecified atom stereocenters. The van der Waals surface area contributed by atoms with Crippen molar-refractivity contribution in [2.75, 3.05) is 20.6 Å². The van der Waals surface area contributed by atoms with Crippen LogP contribution in [0.4, 0.5) is 0 Å². The van der Waals surface area contributed by atoms with Crippen molar-refractivity contribution in [3.8, 4) is 6.07 Å². The van der Waals surface area contributed by atoms with Gasteiger partial charge in [-0.05, 0) is 54.2 Å². The number of thiophene rings is 1. The van der Waals surface area contributed by atoms with Gasteiger partial charge in [-0.25, -0.2) is 0 Å². The van der Waals surface area contributed by atoms with Crippen molar-refractivity contribution < 1.29 is 0 Å². The second-order valence-corrected chi connectivity index (χ2v) is 5.76. The number of nitriles is 1. The SMILES string of the molecule is CN(C)C(CNCc1cccc(C#N)c1)c1ccsc1.Cl. The molecule has 3 nitrogen and oxygen atoms in total. The molecular weight excluding hydrogens is 302 g/mol. The first-order chi connectivity index (χ1) is 9.70. The number of likely N-dealkylation sites (N-methyl/N-ethyl adjacent to an activating group) is 1. The van der Waals surface area contributed by atoms with E-state index in [0.717, 1.165) is 18.7 Å². The first-order valence-electron chi connectivity index (χ1n) is 6.59. The van der Waals surface area contributed by atoms with Crippen LogP contribution in [0.2, 0.25) is 0 Å². The maximum Gasteiger partial charge on any atom is 0.0991 e. The molecule has 0 saturated heterocycles. The first kappa shape index (κ1) is 17.7. The van der Waals surface area contributed by atoms with Crippen LogP contribution in [-0.4, -0.2) is 25.5 Å². The lowest BCUT2D eigenvalue weighted by Gasteiger charge is -2.24. The predicted octanol–water partition coefficient (Wildman–Crippen LogP) is 3.43. The number of hydrogen-bond acceptors (Lipinski definition) is 4. The average molecular weight is 322 g/mol. The molecule has 2 rings (SSSR count). The smallest absolute Gasteiger partial charge is 0.0991 e. The molecular formula is C16H20ClN3S. The highest BCUT2D eigenvalue weighted by Crippen LogP contribution is 2.20. The van der Waals surface area contributed by atoms with Crippen LogP contribution in [0.15, 0.2) is 41.1 Å². The lowest BCUT2D eigenvalue weighted by atomic mass is 10.1. The Kier molecular flexibility index (Phi) is 7.41. The highest BCUT2D eigenvalue weighted by atomic mass is 35.5. The fraction of sp³-hybridized carbons (Fsp3) is 0.312. The maximum absolute atomic E-state index is 8.90. The van der Waals surface area contributed by atoms with Gasteiger partial charge in [0, 0.05) is 19.1 Å². The molecule has 21 heavy (non-hydrogen) atoms. The summed E-state index contributed by atoms with van der Waals surface area (Å²) in [5.41, 5.74) is 3.21. The molecule has 112 valence electrons. The fourth-order valence-corrected chi connectivity index (χ4v) is 2.87. The van der Waals surface area contributed by atoms with Crippen LogP contribution in [0.5, 0.6) is 0 Å². The van der Waals surface area contributed by atoms with E-state index in [1.807, 2.05) is 24.3 Å². The molecule has 2 aromatic rings. The van der Waals surface area contributed by atoms with Crippen molar-refractivity contribution in [3.63, 3.8) is 0 Å². The van der Waals surface area contributed by atoms with Crippen molar-refractivity contribution in [1.82, 2.24) is 10.2 Å². The molecule has 0 saturated carbocycles. The zero-order valence-corrected chi connectivity index (χ0v) is 13.9. The third-order valence-electron chi connectivity index (χ3n) is 3.27. The number of rotatable bonds is 6. The normalized spacial score (nSPS) is 11.7. The molecule has 0 fully saturated rings. The molecule has 0 amide bonds. The Morgan fingerprint density at radius 3 is 2.76 bits per heavy atom. The van der Waals surface area contributed by atoms with E-state index in [-0.39, 0.29) is 12.4 Å². The van der Waals surface area contributed by atoms with Crippen LogP contribution in [0.3, 0.4) is 0 Å². The lowest BCUT2D eigenvalue weighted by Crippen LogP contribution is -2.30.